The topological polar surface area (TPSA) is 87.1 Å². The summed E-state index contributed by atoms with van der Waals surface area (Å²) in [5, 5.41) is 0. The number of para-hydroxylation sites is 1. The Morgan fingerprint density at radius 1 is 1.04 bits per heavy atom. The van der Waals surface area contributed by atoms with Crippen LogP contribution in [-0.2, 0) is 16.9 Å². The molecule has 0 radical (unpaired) electrons. The highest BCUT2D eigenvalue weighted by Crippen LogP contribution is 2.27. The van der Waals surface area contributed by atoms with Gasteiger partial charge in [-0.15, -0.1) is 11.8 Å². The summed E-state index contributed by atoms with van der Waals surface area (Å²) in [6.07, 6.45) is 2.07. The largest absolute Gasteiger partial charge is 0.457 e. The van der Waals surface area contributed by atoms with Crippen molar-refractivity contribution in [2.45, 2.75) is 11.4 Å². The predicted octanol–water partition coefficient (Wildman–Crippen LogP) is 3.61. The van der Waals surface area contributed by atoms with Crippen molar-refractivity contribution in [2.75, 3.05) is 20.4 Å². The van der Waals surface area contributed by atoms with E-state index in [1.807, 2.05) is 30.3 Å². The van der Waals surface area contributed by atoms with Crippen LogP contribution < -0.4 is 4.74 Å². The number of nitrogens with zero attached hydrogens (tertiary/aromatic N) is 1. The maximum absolute atomic E-state index is 8.74. The fraction of sp³-hybridized carbons (Fsp3) is 0.250. The van der Waals surface area contributed by atoms with Crippen LogP contribution in [0.5, 0.6) is 11.5 Å². The van der Waals surface area contributed by atoms with E-state index in [0.717, 1.165) is 18.0 Å². The molecule has 0 atom stereocenters. The van der Waals surface area contributed by atoms with Crippen molar-refractivity contribution in [3.8, 4) is 11.5 Å². The zero-order valence-electron chi connectivity index (χ0n) is 13.7. The quantitative estimate of drug-likeness (QED) is 0.613. The molecule has 2 rings (SSSR count). The lowest BCUT2D eigenvalue weighted by atomic mass is 10.2. The van der Waals surface area contributed by atoms with E-state index in [9.17, 15) is 0 Å². The molecule has 0 bridgehead atoms. The second kappa shape index (κ2) is 9.65. The minimum Gasteiger partial charge on any atom is -0.457 e. The van der Waals surface area contributed by atoms with Crippen LogP contribution in [0, 0.1) is 0 Å². The number of hydrogen-bond acceptors (Lipinski definition) is 5. The molecular formula is C16H21NO5S2. The van der Waals surface area contributed by atoms with E-state index >= 15 is 0 Å². The SMILES string of the molecule is CSc1ccc(Oc2ccccc2CN(C)C)cc1.O=S(=O)(O)O. The zero-order chi connectivity index (χ0) is 18.2. The Balaban J connectivity index is 0.000000505. The summed E-state index contributed by atoms with van der Waals surface area (Å²) in [4.78, 5) is 3.38. The van der Waals surface area contributed by atoms with Crippen LogP contribution in [0.25, 0.3) is 0 Å². The lowest BCUT2D eigenvalue weighted by Gasteiger charge is -2.14. The van der Waals surface area contributed by atoms with Crippen molar-refractivity contribution >= 4 is 22.2 Å². The highest BCUT2D eigenvalue weighted by Gasteiger charge is 2.05. The molecule has 8 heteroatoms. The predicted molar refractivity (Wildman–Crippen MR) is 96.3 cm³/mol. The van der Waals surface area contributed by atoms with E-state index in [-0.39, 0.29) is 0 Å². The molecule has 0 aliphatic heterocycles. The molecule has 0 unspecified atom stereocenters. The van der Waals surface area contributed by atoms with E-state index < -0.39 is 10.4 Å². The molecule has 24 heavy (non-hydrogen) atoms. The van der Waals surface area contributed by atoms with Gasteiger partial charge in [0.05, 0.1) is 0 Å². The Morgan fingerprint density at radius 3 is 2.08 bits per heavy atom. The Bertz CT molecular complexity index is 722. The van der Waals surface area contributed by atoms with Gasteiger partial charge in [0, 0.05) is 17.0 Å². The van der Waals surface area contributed by atoms with Gasteiger partial charge in [-0.3, -0.25) is 9.11 Å². The summed E-state index contributed by atoms with van der Waals surface area (Å²) in [5.41, 5.74) is 1.20. The molecule has 0 fully saturated rings. The van der Waals surface area contributed by atoms with Crippen LogP contribution in [0.3, 0.4) is 0 Å². The van der Waals surface area contributed by atoms with Crippen LogP contribution in [0.1, 0.15) is 5.56 Å². The number of thioether (sulfide) groups is 1. The summed E-state index contributed by atoms with van der Waals surface area (Å²) >= 11 is 1.73. The van der Waals surface area contributed by atoms with E-state index in [2.05, 4.69) is 43.5 Å². The maximum atomic E-state index is 8.74. The van der Waals surface area contributed by atoms with Crippen LogP contribution in [-0.4, -0.2) is 42.8 Å². The first-order valence-electron chi connectivity index (χ1n) is 6.93. The van der Waals surface area contributed by atoms with E-state index in [0.29, 0.717) is 0 Å². The lowest BCUT2D eigenvalue weighted by molar-refractivity contribution is 0.381. The van der Waals surface area contributed by atoms with Gasteiger partial charge in [-0.1, -0.05) is 18.2 Å². The number of benzene rings is 2. The third-order valence-corrected chi connectivity index (χ3v) is 3.49. The van der Waals surface area contributed by atoms with Crippen molar-refractivity contribution in [1.82, 2.24) is 4.90 Å². The van der Waals surface area contributed by atoms with Crippen molar-refractivity contribution in [3.63, 3.8) is 0 Å². The highest BCUT2D eigenvalue weighted by atomic mass is 32.3. The van der Waals surface area contributed by atoms with Gasteiger partial charge in [0.25, 0.3) is 0 Å². The van der Waals surface area contributed by atoms with Crippen molar-refractivity contribution in [3.05, 3.63) is 54.1 Å². The normalized spacial score (nSPS) is 10.9. The average molecular weight is 371 g/mol. The molecule has 6 nitrogen and oxygen atoms in total. The van der Waals surface area contributed by atoms with Gasteiger partial charge in [-0.05, 0) is 50.7 Å². The highest BCUT2D eigenvalue weighted by molar-refractivity contribution is 7.98. The molecule has 0 saturated heterocycles. The molecule has 2 aromatic carbocycles. The first-order chi connectivity index (χ1) is 11.2. The average Bonchev–Trinajstić information content (AvgIpc) is 2.48. The van der Waals surface area contributed by atoms with Gasteiger partial charge in [-0.25, -0.2) is 0 Å². The molecule has 2 N–H and O–H groups in total. The third-order valence-electron chi connectivity index (χ3n) is 2.75. The van der Waals surface area contributed by atoms with Gasteiger partial charge < -0.3 is 9.64 Å². The van der Waals surface area contributed by atoms with Gasteiger partial charge in [-0.2, -0.15) is 8.42 Å². The maximum Gasteiger partial charge on any atom is 0.394 e. The second-order valence-electron chi connectivity index (χ2n) is 5.07. The van der Waals surface area contributed by atoms with Gasteiger partial charge in [0.1, 0.15) is 11.5 Å². The monoisotopic (exact) mass is 371 g/mol. The summed E-state index contributed by atoms with van der Waals surface area (Å²) in [6, 6.07) is 16.3. The fourth-order valence-corrected chi connectivity index (χ4v) is 2.25. The molecule has 2 aromatic rings. The molecule has 0 saturated carbocycles. The fourth-order valence-electron chi connectivity index (χ4n) is 1.85. The van der Waals surface area contributed by atoms with Crippen molar-refractivity contribution in [1.29, 1.82) is 0 Å². The standard InChI is InChI=1S/C16H19NOS.H2O4S/c1-17(2)12-13-6-4-5-7-16(13)18-14-8-10-15(19-3)11-9-14;1-5(2,3)4/h4-11H,12H2,1-3H3;(H2,1,2,3,4). The number of ether oxygens (including phenoxy) is 1. The lowest BCUT2D eigenvalue weighted by Crippen LogP contribution is -2.11. The minimum absolute atomic E-state index is 0.874. The summed E-state index contributed by atoms with van der Waals surface area (Å²) in [6.45, 7) is 0.874. The van der Waals surface area contributed by atoms with Crippen LogP contribution >= 0.6 is 11.8 Å². The van der Waals surface area contributed by atoms with E-state index in [4.69, 9.17) is 22.3 Å². The van der Waals surface area contributed by atoms with Crippen molar-refractivity contribution < 1.29 is 22.3 Å². The van der Waals surface area contributed by atoms with Gasteiger partial charge in [0.2, 0.25) is 0 Å². The minimum atomic E-state index is -4.67. The molecule has 0 spiro atoms. The number of hydrogen-bond donors (Lipinski definition) is 2. The Labute approximate surface area is 147 Å². The zero-order valence-corrected chi connectivity index (χ0v) is 15.3. The van der Waals surface area contributed by atoms with E-state index in [1.54, 1.807) is 11.8 Å². The molecule has 0 amide bonds. The summed E-state index contributed by atoms with van der Waals surface area (Å²) in [7, 11) is -0.548. The van der Waals surface area contributed by atoms with Crippen LogP contribution in [0.4, 0.5) is 0 Å². The molecule has 132 valence electrons. The van der Waals surface area contributed by atoms with Crippen molar-refractivity contribution in [2.24, 2.45) is 0 Å². The van der Waals surface area contributed by atoms with E-state index in [1.165, 1.54) is 10.5 Å². The third kappa shape index (κ3) is 8.90. The van der Waals surface area contributed by atoms with Crippen LogP contribution in [0.15, 0.2) is 53.4 Å². The Hall–Kier alpha value is -1.58. The summed E-state index contributed by atoms with van der Waals surface area (Å²) in [5.74, 6) is 1.80. The molecule has 0 aliphatic carbocycles. The smallest absolute Gasteiger partial charge is 0.394 e. The molecule has 0 heterocycles. The number of rotatable bonds is 5. The first kappa shape index (κ1) is 20.5. The van der Waals surface area contributed by atoms with Gasteiger partial charge >= 0.3 is 10.4 Å². The molecule has 0 aromatic heterocycles. The molecule has 0 aliphatic rings. The Morgan fingerprint density at radius 2 is 1.58 bits per heavy atom. The molecular weight excluding hydrogens is 350 g/mol. The first-order valence-corrected chi connectivity index (χ1v) is 9.55. The second-order valence-corrected chi connectivity index (χ2v) is 6.85. The summed E-state index contributed by atoms with van der Waals surface area (Å²) < 4.78 is 37.6. The van der Waals surface area contributed by atoms with Crippen LogP contribution in [0.2, 0.25) is 0 Å². The van der Waals surface area contributed by atoms with Gasteiger partial charge in [0.15, 0.2) is 0 Å². The Kier molecular flexibility index (Phi) is 8.23.